The zero-order valence-corrected chi connectivity index (χ0v) is 14.8. The van der Waals surface area contributed by atoms with E-state index in [0.717, 1.165) is 11.3 Å². The Morgan fingerprint density at radius 2 is 1.85 bits per heavy atom. The molecule has 6 nitrogen and oxygen atoms in total. The van der Waals surface area contributed by atoms with Crippen LogP contribution in [0.4, 0.5) is 10.1 Å². The van der Waals surface area contributed by atoms with Crippen molar-refractivity contribution in [2.75, 3.05) is 18.5 Å². The Balaban J connectivity index is 1.86. The molecular weight excluding hydrogens is 351 g/mol. The number of rotatable bonds is 5. The Bertz CT molecular complexity index is 895. The molecule has 27 heavy (non-hydrogen) atoms. The van der Waals surface area contributed by atoms with E-state index in [2.05, 4.69) is 0 Å². The zero-order valence-electron chi connectivity index (χ0n) is 14.8. The van der Waals surface area contributed by atoms with Crippen molar-refractivity contribution in [3.63, 3.8) is 0 Å². The van der Waals surface area contributed by atoms with Gasteiger partial charge in [-0.2, -0.15) is 0 Å². The highest BCUT2D eigenvalue weighted by molar-refractivity contribution is 5.99. The molecule has 1 N–H and O–H groups in total. The number of hydrogen-bond acceptors (Lipinski definition) is 3. The number of carboxylic acid groups (broad SMARTS) is 1. The average molecular weight is 370 g/mol. The molecule has 0 spiro atoms. The first-order chi connectivity index (χ1) is 12.8. The first kappa shape index (κ1) is 18.6. The van der Waals surface area contributed by atoms with E-state index in [4.69, 9.17) is 5.11 Å². The fourth-order valence-corrected chi connectivity index (χ4v) is 3.15. The third kappa shape index (κ3) is 4.13. The average Bonchev–Trinajstić information content (AvgIpc) is 2.65. The minimum absolute atomic E-state index is 0.0189. The third-order valence-electron chi connectivity index (χ3n) is 4.57. The summed E-state index contributed by atoms with van der Waals surface area (Å²) in [5.74, 6) is -1.94. The number of carbonyl (C=O) groups is 3. The van der Waals surface area contributed by atoms with Crippen LogP contribution >= 0.6 is 0 Å². The van der Waals surface area contributed by atoms with E-state index in [1.165, 1.54) is 29.2 Å². The highest BCUT2D eigenvalue weighted by Gasteiger charge is 2.24. The monoisotopic (exact) mass is 370 g/mol. The molecule has 1 heterocycles. The van der Waals surface area contributed by atoms with Gasteiger partial charge in [-0.1, -0.05) is 12.1 Å². The van der Waals surface area contributed by atoms with Crippen LogP contribution in [0.15, 0.2) is 42.5 Å². The van der Waals surface area contributed by atoms with Crippen molar-refractivity contribution in [2.45, 2.75) is 19.4 Å². The van der Waals surface area contributed by atoms with Crippen LogP contribution in [-0.2, 0) is 22.6 Å². The van der Waals surface area contributed by atoms with Gasteiger partial charge in [-0.3, -0.25) is 14.4 Å². The van der Waals surface area contributed by atoms with Crippen LogP contribution in [0.5, 0.6) is 0 Å². The first-order valence-corrected chi connectivity index (χ1v) is 8.50. The molecular formula is C20H19FN2O4. The molecule has 0 saturated heterocycles. The zero-order chi connectivity index (χ0) is 19.6. The Hall–Kier alpha value is -3.22. The summed E-state index contributed by atoms with van der Waals surface area (Å²) >= 11 is 0. The fraction of sp³-hybridized carbons (Fsp3) is 0.250. The van der Waals surface area contributed by atoms with Gasteiger partial charge in [0.05, 0.1) is 0 Å². The third-order valence-corrected chi connectivity index (χ3v) is 4.57. The van der Waals surface area contributed by atoms with Crippen LogP contribution in [0.2, 0.25) is 0 Å². The molecule has 0 radical (unpaired) electrons. The maximum absolute atomic E-state index is 13.1. The lowest BCUT2D eigenvalue weighted by atomic mass is 9.98. The molecule has 0 saturated carbocycles. The molecule has 1 aliphatic heterocycles. The van der Waals surface area contributed by atoms with Gasteiger partial charge in [-0.05, 0) is 47.9 Å². The van der Waals surface area contributed by atoms with Crippen molar-refractivity contribution < 1.29 is 23.9 Å². The van der Waals surface area contributed by atoms with Crippen LogP contribution in [0.3, 0.4) is 0 Å². The number of anilines is 1. The largest absolute Gasteiger partial charge is 0.480 e. The van der Waals surface area contributed by atoms with Crippen molar-refractivity contribution >= 4 is 23.5 Å². The van der Waals surface area contributed by atoms with Gasteiger partial charge >= 0.3 is 5.97 Å². The normalized spacial score (nSPS) is 13.3. The lowest BCUT2D eigenvalue weighted by molar-refractivity contribution is -0.137. The maximum atomic E-state index is 13.1. The van der Waals surface area contributed by atoms with E-state index in [0.29, 0.717) is 24.0 Å². The number of benzene rings is 2. The summed E-state index contributed by atoms with van der Waals surface area (Å²) in [6, 6.07) is 10.6. The fourth-order valence-electron chi connectivity index (χ4n) is 3.15. The Labute approximate surface area is 155 Å². The van der Waals surface area contributed by atoms with E-state index >= 15 is 0 Å². The van der Waals surface area contributed by atoms with Crippen molar-refractivity contribution in [2.24, 2.45) is 0 Å². The summed E-state index contributed by atoms with van der Waals surface area (Å²) in [4.78, 5) is 38.6. The van der Waals surface area contributed by atoms with Crippen LogP contribution in [0, 0.1) is 5.82 Å². The molecule has 140 valence electrons. The highest BCUT2D eigenvalue weighted by atomic mass is 19.1. The Morgan fingerprint density at radius 3 is 2.52 bits per heavy atom. The highest BCUT2D eigenvalue weighted by Crippen LogP contribution is 2.28. The predicted octanol–water partition coefficient (Wildman–Crippen LogP) is 2.46. The molecule has 0 unspecified atom stereocenters. The van der Waals surface area contributed by atoms with Crippen LogP contribution < -0.4 is 4.90 Å². The number of carbonyl (C=O) groups excluding carboxylic acids is 2. The quantitative estimate of drug-likeness (QED) is 0.877. The smallest absolute Gasteiger partial charge is 0.323 e. The molecule has 2 aromatic carbocycles. The molecule has 3 rings (SSSR count). The molecule has 0 atom stereocenters. The van der Waals surface area contributed by atoms with Gasteiger partial charge in [0.2, 0.25) is 5.91 Å². The topological polar surface area (TPSA) is 77.9 Å². The van der Waals surface area contributed by atoms with E-state index in [-0.39, 0.29) is 12.5 Å². The molecule has 2 aromatic rings. The molecule has 1 aliphatic rings. The van der Waals surface area contributed by atoms with Gasteiger partial charge in [0.15, 0.2) is 0 Å². The van der Waals surface area contributed by atoms with Gasteiger partial charge in [0, 0.05) is 31.3 Å². The summed E-state index contributed by atoms with van der Waals surface area (Å²) in [5.41, 5.74) is 2.63. The SMILES string of the molecule is CN1C(=O)CCc2cc(C(=O)N(CC(=O)O)Cc3ccc(F)cc3)ccc21. The summed E-state index contributed by atoms with van der Waals surface area (Å²) in [5, 5.41) is 9.16. The number of aryl methyl sites for hydroxylation is 1. The molecule has 0 fully saturated rings. The van der Waals surface area contributed by atoms with Crippen LogP contribution in [-0.4, -0.2) is 41.4 Å². The molecule has 0 aromatic heterocycles. The molecule has 0 bridgehead atoms. The van der Waals surface area contributed by atoms with Crippen molar-refractivity contribution in [1.29, 1.82) is 0 Å². The molecule has 0 aliphatic carbocycles. The number of aliphatic carboxylic acids is 1. The maximum Gasteiger partial charge on any atom is 0.323 e. The van der Waals surface area contributed by atoms with E-state index in [1.54, 1.807) is 30.1 Å². The second-order valence-electron chi connectivity index (χ2n) is 6.48. The summed E-state index contributed by atoms with van der Waals surface area (Å²) < 4.78 is 13.1. The second-order valence-corrected chi connectivity index (χ2v) is 6.48. The number of fused-ring (bicyclic) bond motifs is 1. The summed E-state index contributed by atoms with van der Waals surface area (Å²) in [7, 11) is 1.69. The Kier molecular flexibility index (Phi) is 5.21. The number of amides is 2. The molecule has 7 heteroatoms. The number of halogens is 1. The van der Waals surface area contributed by atoms with Crippen LogP contribution in [0.25, 0.3) is 0 Å². The summed E-state index contributed by atoms with van der Waals surface area (Å²) in [6.07, 6.45) is 0.909. The van der Waals surface area contributed by atoms with Gasteiger partial charge in [0.1, 0.15) is 12.4 Å². The van der Waals surface area contributed by atoms with E-state index < -0.39 is 24.2 Å². The van der Waals surface area contributed by atoms with Gasteiger partial charge in [-0.15, -0.1) is 0 Å². The van der Waals surface area contributed by atoms with Crippen LogP contribution in [0.1, 0.15) is 27.9 Å². The van der Waals surface area contributed by atoms with E-state index in [9.17, 15) is 18.8 Å². The lowest BCUT2D eigenvalue weighted by Crippen LogP contribution is -2.35. The van der Waals surface area contributed by atoms with Gasteiger partial charge in [0.25, 0.3) is 5.91 Å². The number of carboxylic acids is 1. The minimum atomic E-state index is -1.13. The minimum Gasteiger partial charge on any atom is -0.480 e. The van der Waals surface area contributed by atoms with E-state index in [1.807, 2.05) is 0 Å². The van der Waals surface area contributed by atoms with Crippen molar-refractivity contribution in [3.05, 3.63) is 65.0 Å². The van der Waals surface area contributed by atoms with Gasteiger partial charge in [-0.25, -0.2) is 4.39 Å². The standard InChI is InChI=1S/C20H19FN2O4/c1-22-17-8-4-15(10-14(17)5-9-18(22)24)20(27)23(12-19(25)26)11-13-2-6-16(21)7-3-13/h2-4,6-8,10H,5,9,11-12H2,1H3,(H,25,26). The molecule has 2 amide bonds. The second kappa shape index (κ2) is 7.57. The predicted molar refractivity (Wildman–Crippen MR) is 96.9 cm³/mol. The number of hydrogen-bond donors (Lipinski definition) is 1. The van der Waals surface area contributed by atoms with Gasteiger partial charge < -0.3 is 14.9 Å². The first-order valence-electron chi connectivity index (χ1n) is 8.50. The van der Waals surface area contributed by atoms with Crippen molar-refractivity contribution in [1.82, 2.24) is 4.90 Å². The Morgan fingerprint density at radius 1 is 1.15 bits per heavy atom. The number of nitrogens with zero attached hydrogens (tertiary/aromatic N) is 2. The van der Waals surface area contributed by atoms with Crippen molar-refractivity contribution in [3.8, 4) is 0 Å². The summed E-state index contributed by atoms with van der Waals surface area (Å²) in [6.45, 7) is -0.410. The lowest BCUT2D eigenvalue weighted by Gasteiger charge is -2.27.